The second-order valence-electron chi connectivity index (χ2n) is 8.78. The Morgan fingerprint density at radius 3 is 2.93 bits per heavy atom. The van der Waals surface area contributed by atoms with Gasteiger partial charge >= 0.3 is 0 Å². The van der Waals surface area contributed by atoms with E-state index in [2.05, 4.69) is 30.0 Å². The molecule has 4 nitrogen and oxygen atoms in total. The Balaban J connectivity index is 1.60. The molecule has 1 fully saturated rings. The van der Waals surface area contributed by atoms with E-state index in [0.29, 0.717) is 25.3 Å². The lowest BCUT2D eigenvalue weighted by atomic mass is 9.64. The maximum atomic E-state index is 13.3. The predicted molar refractivity (Wildman–Crippen MR) is 118 cm³/mol. The molecule has 1 amide bonds. The molecule has 0 saturated heterocycles. The first-order valence-corrected chi connectivity index (χ1v) is 10.9. The Morgan fingerprint density at radius 2 is 2.17 bits per heavy atom. The van der Waals surface area contributed by atoms with Crippen LogP contribution in [-0.4, -0.2) is 22.2 Å². The zero-order valence-corrected chi connectivity index (χ0v) is 17.7. The number of hydrogen-bond acceptors (Lipinski definition) is 2. The van der Waals surface area contributed by atoms with E-state index in [9.17, 15) is 9.18 Å². The SMILES string of the molecule is C=CCCC(=O)NCC1CCCCC2=Cc3c(cnn3-c3ccc(F)cc3)C[C@@]21C. The van der Waals surface area contributed by atoms with E-state index in [1.807, 2.05) is 10.9 Å². The Kier molecular flexibility index (Phi) is 5.89. The molecule has 5 heteroatoms. The highest BCUT2D eigenvalue weighted by molar-refractivity contribution is 5.76. The van der Waals surface area contributed by atoms with Crippen molar-refractivity contribution in [2.24, 2.45) is 11.3 Å². The molecule has 1 heterocycles. The van der Waals surface area contributed by atoms with Gasteiger partial charge < -0.3 is 5.32 Å². The third kappa shape index (κ3) is 3.98. The first-order chi connectivity index (χ1) is 14.5. The van der Waals surface area contributed by atoms with Crippen molar-refractivity contribution in [1.82, 2.24) is 15.1 Å². The number of nitrogens with zero attached hydrogens (tertiary/aromatic N) is 2. The van der Waals surface area contributed by atoms with Crippen LogP contribution in [0.2, 0.25) is 0 Å². The van der Waals surface area contributed by atoms with Crippen LogP contribution in [0.1, 0.15) is 56.7 Å². The van der Waals surface area contributed by atoms with Gasteiger partial charge in [-0.15, -0.1) is 6.58 Å². The summed E-state index contributed by atoms with van der Waals surface area (Å²) in [5.41, 5.74) is 4.66. The lowest BCUT2D eigenvalue weighted by Gasteiger charge is -2.41. The molecule has 1 saturated carbocycles. The van der Waals surface area contributed by atoms with Crippen LogP contribution in [0.15, 0.2) is 48.7 Å². The zero-order chi connectivity index (χ0) is 21.1. The largest absolute Gasteiger partial charge is 0.356 e. The molecule has 2 atom stereocenters. The zero-order valence-electron chi connectivity index (χ0n) is 17.7. The molecule has 4 rings (SSSR count). The highest BCUT2D eigenvalue weighted by Crippen LogP contribution is 2.49. The average Bonchev–Trinajstić information content (AvgIpc) is 3.06. The fraction of sp³-hybridized carbons (Fsp3) is 0.440. The molecule has 2 aliphatic rings. The van der Waals surface area contributed by atoms with Crippen LogP contribution in [0.3, 0.4) is 0 Å². The summed E-state index contributed by atoms with van der Waals surface area (Å²) >= 11 is 0. The molecular weight excluding hydrogens is 377 g/mol. The number of carbonyl (C=O) groups excluding carboxylic acids is 1. The Hall–Kier alpha value is -2.69. The van der Waals surface area contributed by atoms with Crippen molar-refractivity contribution in [2.45, 2.75) is 51.9 Å². The Labute approximate surface area is 177 Å². The molecule has 2 aromatic rings. The van der Waals surface area contributed by atoms with E-state index in [0.717, 1.165) is 30.6 Å². The van der Waals surface area contributed by atoms with E-state index < -0.39 is 0 Å². The predicted octanol–water partition coefficient (Wildman–Crippen LogP) is 5.23. The lowest BCUT2D eigenvalue weighted by Crippen LogP contribution is -2.40. The first-order valence-electron chi connectivity index (χ1n) is 10.9. The molecular formula is C25H30FN3O. The summed E-state index contributed by atoms with van der Waals surface area (Å²) in [6.45, 7) is 6.76. The van der Waals surface area contributed by atoms with E-state index in [1.165, 1.54) is 36.1 Å². The van der Waals surface area contributed by atoms with Crippen molar-refractivity contribution < 1.29 is 9.18 Å². The van der Waals surface area contributed by atoms with Crippen molar-refractivity contribution in [3.63, 3.8) is 0 Å². The van der Waals surface area contributed by atoms with E-state index in [-0.39, 0.29) is 17.1 Å². The number of benzene rings is 1. The van der Waals surface area contributed by atoms with Gasteiger partial charge in [0.15, 0.2) is 0 Å². The van der Waals surface area contributed by atoms with Crippen molar-refractivity contribution in [1.29, 1.82) is 0 Å². The quantitative estimate of drug-likeness (QED) is 0.667. The fourth-order valence-corrected chi connectivity index (χ4v) is 4.98. The van der Waals surface area contributed by atoms with Crippen LogP contribution >= 0.6 is 0 Å². The fourth-order valence-electron chi connectivity index (χ4n) is 4.98. The van der Waals surface area contributed by atoms with Crippen molar-refractivity contribution in [3.8, 4) is 5.69 Å². The summed E-state index contributed by atoms with van der Waals surface area (Å²) in [6.07, 6.45) is 12.7. The summed E-state index contributed by atoms with van der Waals surface area (Å²) in [6, 6.07) is 6.48. The van der Waals surface area contributed by atoms with Crippen molar-refractivity contribution in [2.75, 3.05) is 6.54 Å². The molecule has 0 aliphatic heterocycles. The summed E-state index contributed by atoms with van der Waals surface area (Å²) in [7, 11) is 0. The maximum absolute atomic E-state index is 13.3. The van der Waals surface area contributed by atoms with Crippen molar-refractivity contribution >= 4 is 12.0 Å². The number of aromatic nitrogens is 2. The second kappa shape index (κ2) is 8.58. The van der Waals surface area contributed by atoms with Gasteiger partial charge in [-0.1, -0.05) is 25.0 Å². The monoisotopic (exact) mass is 407 g/mol. The minimum atomic E-state index is -0.243. The Morgan fingerprint density at radius 1 is 1.37 bits per heavy atom. The molecule has 30 heavy (non-hydrogen) atoms. The number of halogens is 1. The van der Waals surface area contributed by atoms with Gasteiger partial charge in [-0.05, 0) is 79.3 Å². The molecule has 0 bridgehead atoms. The highest BCUT2D eigenvalue weighted by atomic mass is 19.1. The number of nitrogens with one attached hydrogen (secondary N) is 1. The molecule has 158 valence electrons. The van der Waals surface area contributed by atoms with Gasteiger partial charge in [0.1, 0.15) is 5.82 Å². The standard InChI is InChI=1S/C25H30FN3O/c1-3-4-9-24(30)27-17-20-8-6-5-7-19-14-23-18(15-25(19,20)2)16-28-29(23)22-12-10-21(26)11-13-22/h3,10-14,16,20H,1,4-9,15,17H2,2H3,(H,27,30)/t20?,25-/m0/s1. The van der Waals surface area contributed by atoms with Crippen LogP contribution in [-0.2, 0) is 11.2 Å². The number of amides is 1. The molecule has 0 radical (unpaired) electrons. The van der Waals surface area contributed by atoms with Gasteiger partial charge in [0, 0.05) is 13.0 Å². The van der Waals surface area contributed by atoms with Crippen molar-refractivity contribution in [3.05, 3.63) is 65.8 Å². The van der Waals surface area contributed by atoms with E-state index >= 15 is 0 Å². The van der Waals surface area contributed by atoms with Crippen LogP contribution in [0.5, 0.6) is 0 Å². The van der Waals surface area contributed by atoms with Gasteiger partial charge in [0.05, 0.1) is 17.6 Å². The lowest BCUT2D eigenvalue weighted by molar-refractivity contribution is -0.121. The number of hydrogen-bond donors (Lipinski definition) is 1. The smallest absolute Gasteiger partial charge is 0.220 e. The van der Waals surface area contributed by atoms with Crippen LogP contribution in [0, 0.1) is 17.2 Å². The van der Waals surface area contributed by atoms with Crippen LogP contribution in [0.4, 0.5) is 4.39 Å². The summed E-state index contributed by atoms with van der Waals surface area (Å²) in [4.78, 5) is 12.2. The normalized spacial score (nSPS) is 23.0. The minimum absolute atomic E-state index is 0.0197. The topological polar surface area (TPSA) is 46.9 Å². The number of fused-ring (bicyclic) bond motifs is 2. The summed E-state index contributed by atoms with van der Waals surface area (Å²) < 4.78 is 15.3. The molecule has 1 aromatic carbocycles. The summed E-state index contributed by atoms with van der Waals surface area (Å²) in [5, 5.41) is 7.78. The number of allylic oxidation sites excluding steroid dienone is 2. The van der Waals surface area contributed by atoms with Gasteiger partial charge in [0.2, 0.25) is 5.91 Å². The molecule has 1 N–H and O–H groups in total. The van der Waals surface area contributed by atoms with Gasteiger partial charge in [-0.2, -0.15) is 5.10 Å². The molecule has 1 unspecified atom stereocenters. The number of carbonyl (C=O) groups is 1. The number of rotatable bonds is 6. The van der Waals surface area contributed by atoms with Crippen LogP contribution in [0.25, 0.3) is 11.8 Å². The van der Waals surface area contributed by atoms with Crippen LogP contribution < -0.4 is 5.32 Å². The highest BCUT2D eigenvalue weighted by Gasteiger charge is 2.42. The maximum Gasteiger partial charge on any atom is 0.220 e. The molecule has 1 aromatic heterocycles. The van der Waals surface area contributed by atoms with Gasteiger partial charge in [-0.25, -0.2) is 9.07 Å². The Bertz CT molecular complexity index is 959. The second-order valence-corrected chi connectivity index (χ2v) is 8.78. The van der Waals surface area contributed by atoms with E-state index in [1.54, 1.807) is 18.2 Å². The van der Waals surface area contributed by atoms with E-state index in [4.69, 9.17) is 0 Å². The molecule has 2 aliphatic carbocycles. The third-order valence-electron chi connectivity index (χ3n) is 6.83. The minimum Gasteiger partial charge on any atom is -0.356 e. The van der Waals surface area contributed by atoms with Gasteiger partial charge in [-0.3, -0.25) is 4.79 Å². The summed E-state index contributed by atoms with van der Waals surface area (Å²) in [5.74, 6) is 0.266. The van der Waals surface area contributed by atoms with Gasteiger partial charge in [0.25, 0.3) is 0 Å². The third-order valence-corrected chi connectivity index (χ3v) is 6.83. The first kappa shape index (κ1) is 20.6. The average molecular weight is 408 g/mol. The molecule has 0 spiro atoms.